The summed E-state index contributed by atoms with van der Waals surface area (Å²) in [5.41, 5.74) is 5.04. The number of nitrogens with zero attached hydrogens (tertiary/aromatic N) is 3. The Morgan fingerprint density at radius 3 is 2.74 bits per heavy atom. The molecule has 1 aliphatic rings. The number of anilines is 1. The van der Waals surface area contributed by atoms with Gasteiger partial charge in [-0.15, -0.1) is 0 Å². The van der Waals surface area contributed by atoms with Gasteiger partial charge in [-0.25, -0.2) is 9.48 Å². The van der Waals surface area contributed by atoms with Crippen molar-refractivity contribution in [1.29, 1.82) is 0 Å². The molecule has 8 heteroatoms. The van der Waals surface area contributed by atoms with Crippen LogP contribution in [0.3, 0.4) is 0 Å². The number of fused-ring (bicyclic) bond motifs is 1. The largest absolute Gasteiger partial charge is 0.461 e. The molecule has 0 saturated carbocycles. The molecule has 0 bridgehead atoms. The zero-order valence-electron chi connectivity index (χ0n) is 17.4. The summed E-state index contributed by atoms with van der Waals surface area (Å²) in [6, 6.07) is 15.5. The zero-order chi connectivity index (χ0) is 22.0. The van der Waals surface area contributed by atoms with Crippen molar-refractivity contribution >= 4 is 40.6 Å². The van der Waals surface area contributed by atoms with Gasteiger partial charge < -0.3 is 15.0 Å². The van der Waals surface area contributed by atoms with Crippen molar-refractivity contribution in [2.24, 2.45) is 0 Å². The quantitative estimate of drug-likeness (QED) is 0.453. The Hall–Kier alpha value is -2.90. The Morgan fingerprint density at radius 1 is 1.26 bits per heavy atom. The molecule has 0 saturated heterocycles. The van der Waals surface area contributed by atoms with Gasteiger partial charge in [-0.05, 0) is 62.0 Å². The summed E-state index contributed by atoms with van der Waals surface area (Å²) in [5, 5.41) is 9.20. The molecule has 0 aliphatic carbocycles. The molecule has 31 heavy (non-hydrogen) atoms. The van der Waals surface area contributed by atoms with E-state index >= 15 is 0 Å². The molecule has 2 aromatic carbocycles. The molecule has 0 radical (unpaired) electrons. The first-order chi connectivity index (χ1) is 15.0. The number of aromatic nitrogens is 2. The van der Waals surface area contributed by atoms with Gasteiger partial charge in [0, 0.05) is 35.8 Å². The van der Waals surface area contributed by atoms with Crippen LogP contribution < -0.4 is 5.32 Å². The predicted molar refractivity (Wildman–Crippen MR) is 126 cm³/mol. The van der Waals surface area contributed by atoms with E-state index in [1.54, 1.807) is 6.92 Å². The molecule has 2 heterocycles. The number of halogens is 1. The number of aryl methyl sites for hydroxylation is 1. The molecular weight excluding hydrogens is 432 g/mol. The molecule has 160 valence electrons. The van der Waals surface area contributed by atoms with E-state index in [0.717, 1.165) is 28.2 Å². The van der Waals surface area contributed by atoms with Crippen molar-refractivity contribution in [1.82, 2.24) is 14.7 Å². The van der Waals surface area contributed by atoms with Gasteiger partial charge in [0.2, 0.25) is 0 Å². The lowest BCUT2D eigenvalue weighted by Crippen LogP contribution is -2.39. The molecule has 1 aliphatic heterocycles. The van der Waals surface area contributed by atoms with Crippen LogP contribution in [0.15, 0.2) is 48.5 Å². The van der Waals surface area contributed by atoms with Crippen LogP contribution in [0, 0.1) is 6.92 Å². The van der Waals surface area contributed by atoms with Gasteiger partial charge in [0.05, 0.1) is 18.0 Å². The van der Waals surface area contributed by atoms with Crippen molar-refractivity contribution in [3.8, 4) is 5.69 Å². The Bertz CT molecular complexity index is 1130. The second kappa shape index (κ2) is 9.08. The fraction of sp³-hybridized carbons (Fsp3) is 0.261. The Morgan fingerprint density at radius 2 is 2.03 bits per heavy atom. The van der Waals surface area contributed by atoms with Crippen LogP contribution in [0.1, 0.15) is 34.2 Å². The SMILES string of the molecule is CCOC(=O)c1nn(-c2ccccc2)c2c1CN(C(=S)Nc1ccc(Cl)cc1C)CC2. The zero-order valence-corrected chi connectivity index (χ0v) is 19.0. The minimum Gasteiger partial charge on any atom is -0.461 e. The van der Waals surface area contributed by atoms with E-state index in [-0.39, 0.29) is 0 Å². The average Bonchev–Trinajstić information content (AvgIpc) is 3.15. The summed E-state index contributed by atoms with van der Waals surface area (Å²) in [4.78, 5) is 14.7. The van der Waals surface area contributed by atoms with Gasteiger partial charge in [-0.2, -0.15) is 5.10 Å². The number of carbonyl (C=O) groups excluding carboxylic acids is 1. The van der Waals surface area contributed by atoms with Gasteiger partial charge >= 0.3 is 5.97 Å². The molecule has 0 spiro atoms. The van der Waals surface area contributed by atoms with Crippen LogP contribution in [0.2, 0.25) is 5.02 Å². The molecule has 0 fully saturated rings. The standard InChI is InChI=1S/C23H23ClN4O2S/c1-3-30-22(29)21-18-14-27(23(31)25-19-10-9-16(24)13-15(19)2)12-11-20(18)28(26-21)17-7-5-4-6-8-17/h4-10,13H,3,11-12,14H2,1-2H3,(H,25,31). The monoisotopic (exact) mass is 454 g/mol. The Labute approximate surface area is 191 Å². The van der Waals surface area contributed by atoms with Crippen molar-refractivity contribution in [3.63, 3.8) is 0 Å². The number of hydrogen-bond donors (Lipinski definition) is 1. The molecule has 4 rings (SSSR count). The van der Waals surface area contributed by atoms with Crippen LogP contribution >= 0.6 is 23.8 Å². The average molecular weight is 455 g/mol. The molecule has 0 amide bonds. The number of para-hydroxylation sites is 1. The number of thiocarbonyl (C=S) groups is 1. The van der Waals surface area contributed by atoms with Crippen molar-refractivity contribution in [2.75, 3.05) is 18.5 Å². The molecule has 6 nitrogen and oxygen atoms in total. The maximum atomic E-state index is 12.6. The normalized spacial score (nSPS) is 12.9. The molecule has 3 aromatic rings. The second-order valence-corrected chi connectivity index (χ2v) is 8.13. The molecule has 0 atom stereocenters. The summed E-state index contributed by atoms with van der Waals surface area (Å²) in [6.45, 7) is 5.26. The van der Waals surface area contributed by atoms with E-state index in [1.165, 1.54) is 0 Å². The van der Waals surface area contributed by atoms with Gasteiger partial charge in [0.25, 0.3) is 0 Å². The van der Waals surface area contributed by atoms with E-state index in [0.29, 0.717) is 41.9 Å². The minimum atomic E-state index is -0.414. The number of nitrogens with one attached hydrogen (secondary N) is 1. The second-order valence-electron chi connectivity index (χ2n) is 7.30. The first-order valence-corrected chi connectivity index (χ1v) is 10.9. The van der Waals surface area contributed by atoms with Gasteiger partial charge in [0.15, 0.2) is 10.8 Å². The van der Waals surface area contributed by atoms with E-state index < -0.39 is 5.97 Å². The van der Waals surface area contributed by atoms with Gasteiger partial charge in [0.1, 0.15) is 0 Å². The van der Waals surface area contributed by atoms with E-state index in [2.05, 4.69) is 10.4 Å². The number of hydrogen-bond acceptors (Lipinski definition) is 4. The van der Waals surface area contributed by atoms with Crippen molar-refractivity contribution in [2.45, 2.75) is 26.8 Å². The maximum Gasteiger partial charge on any atom is 0.359 e. The highest BCUT2D eigenvalue weighted by Gasteiger charge is 2.30. The first-order valence-electron chi connectivity index (χ1n) is 10.1. The van der Waals surface area contributed by atoms with E-state index in [9.17, 15) is 4.79 Å². The smallest absolute Gasteiger partial charge is 0.359 e. The third kappa shape index (κ3) is 4.43. The fourth-order valence-electron chi connectivity index (χ4n) is 3.70. The summed E-state index contributed by atoms with van der Waals surface area (Å²) < 4.78 is 7.11. The van der Waals surface area contributed by atoms with Crippen LogP contribution in [0.25, 0.3) is 5.69 Å². The van der Waals surface area contributed by atoms with E-state index in [1.807, 2.05) is 65.0 Å². The lowest BCUT2D eigenvalue weighted by atomic mass is 10.1. The molecular formula is C23H23ClN4O2S. The number of rotatable bonds is 4. The lowest BCUT2D eigenvalue weighted by molar-refractivity contribution is 0.0517. The third-order valence-corrected chi connectivity index (χ3v) is 5.84. The molecule has 1 N–H and O–H groups in total. The Kier molecular flexibility index (Phi) is 6.25. The van der Waals surface area contributed by atoms with Crippen molar-refractivity contribution < 1.29 is 9.53 Å². The van der Waals surface area contributed by atoms with Crippen LogP contribution in [0.4, 0.5) is 5.69 Å². The summed E-state index contributed by atoms with van der Waals surface area (Å²) in [7, 11) is 0. The Balaban J connectivity index is 1.63. The number of benzene rings is 2. The summed E-state index contributed by atoms with van der Waals surface area (Å²) >= 11 is 11.7. The van der Waals surface area contributed by atoms with Crippen LogP contribution in [-0.2, 0) is 17.7 Å². The van der Waals surface area contributed by atoms with Gasteiger partial charge in [-0.1, -0.05) is 29.8 Å². The molecule has 1 aromatic heterocycles. The lowest BCUT2D eigenvalue weighted by Gasteiger charge is -2.30. The van der Waals surface area contributed by atoms with Gasteiger partial charge in [-0.3, -0.25) is 0 Å². The highest BCUT2D eigenvalue weighted by atomic mass is 35.5. The summed E-state index contributed by atoms with van der Waals surface area (Å²) in [6.07, 6.45) is 0.706. The van der Waals surface area contributed by atoms with Crippen LogP contribution in [0.5, 0.6) is 0 Å². The maximum absolute atomic E-state index is 12.6. The summed E-state index contributed by atoms with van der Waals surface area (Å²) in [5.74, 6) is -0.414. The molecule has 0 unspecified atom stereocenters. The first kappa shape index (κ1) is 21.3. The predicted octanol–water partition coefficient (Wildman–Crippen LogP) is 4.77. The number of esters is 1. The highest BCUT2D eigenvalue weighted by molar-refractivity contribution is 7.80. The van der Waals surface area contributed by atoms with Crippen molar-refractivity contribution in [3.05, 3.63) is 76.1 Å². The third-order valence-electron chi connectivity index (χ3n) is 5.24. The van der Waals surface area contributed by atoms with Crippen LogP contribution in [-0.4, -0.2) is 38.9 Å². The van der Waals surface area contributed by atoms with E-state index in [4.69, 9.17) is 28.6 Å². The topological polar surface area (TPSA) is 59.4 Å². The highest BCUT2D eigenvalue weighted by Crippen LogP contribution is 2.27. The minimum absolute atomic E-state index is 0.297. The fourth-order valence-corrected chi connectivity index (χ4v) is 4.19. The number of carbonyl (C=O) groups is 1. The number of ether oxygens (including phenoxy) is 1.